The summed E-state index contributed by atoms with van der Waals surface area (Å²) in [4.78, 5) is 11.4. The molecule has 3 heteroatoms. The highest BCUT2D eigenvalue weighted by Crippen LogP contribution is 2.42. The summed E-state index contributed by atoms with van der Waals surface area (Å²) in [6.07, 6.45) is 3.29. The number of rotatable bonds is 4. The molecule has 3 aromatic carbocycles. The van der Waals surface area contributed by atoms with E-state index < -0.39 is 5.97 Å². The van der Waals surface area contributed by atoms with Gasteiger partial charge in [0.25, 0.3) is 0 Å². The van der Waals surface area contributed by atoms with Gasteiger partial charge in [-0.3, -0.25) is 0 Å². The number of para-hydroxylation sites is 1. The number of anilines is 2. The van der Waals surface area contributed by atoms with Gasteiger partial charge in [-0.25, -0.2) is 0 Å². The molecular weight excluding hydrogens is 358 g/mol. The maximum atomic E-state index is 11.4. The van der Waals surface area contributed by atoms with Crippen molar-refractivity contribution in [3.63, 3.8) is 0 Å². The minimum atomic E-state index is -1.19. The first kappa shape index (κ1) is 19.0. The normalized spacial score (nSPS) is 14.7. The molecule has 0 saturated heterocycles. The van der Waals surface area contributed by atoms with Crippen molar-refractivity contribution in [2.24, 2.45) is 0 Å². The van der Waals surface area contributed by atoms with Crippen LogP contribution in [0.25, 0.3) is 5.57 Å². The molecule has 4 rings (SSSR count). The Bertz CT molecular complexity index is 1110. The molecule has 0 bridgehead atoms. The summed E-state index contributed by atoms with van der Waals surface area (Å²) >= 11 is 0. The lowest BCUT2D eigenvalue weighted by Gasteiger charge is -2.33. The van der Waals surface area contributed by atoms with Crippen molar-refractivity contribution >= 4 is 22.9 Å². The van der Waals surface area contributed by atoms with Crippen LogP contribution in [0.3, 0.4) is 0 Å². The summed E-state index contributed by atoms with van der Waals surface area (Å²) in [6.45, 7) is 6.60. The van der Waals surface area contributed by atoms with Crippen LogP contribution in [0.1, 0.15) is 52.9 Å². The average molecular weight is 382 g/mol. The van der Waals surface area contributed by atoms with E-state index in [0.29, 0.717) is 5.69 Å². The van der Waals surface area contributed by atoms with Crippen LogP contribution in [0.5, 0.6) is 0 Å². The van der Waals surface area contributed by atoms with Crippen LogP contribution >= 0.6 is 0 Å². The molecule has 0 aromatic heterocycles. The average Bonchev–Trinajstić information content (AvgIpc) is 2.69. The van der Waals surface area contributed by atoms with E-state index >= 15 is 0 Å². The number of carboxylic acids is 1. The Balaban J connectivity index is 1.78. The molecule has 3 nitrogen and oxygen atoms in total. The zero-order valence-electron chi connectivity index (χ0n) is 17.0. The van der Waals surface area contributed by atoms with Crippen LogP contribution < -0.4 is 10.4 Å². The van der Waals surface area contributed by atoms with Crippen LogP contribution in [0.2, 0.25) is 0 Å². The summed E-state index contributed by atoms with van der Waals surface area (Å²) in [5.74, 6) is -1.19. The van der Waals surface area contributed by atoms with Crippen LogP contribution in [-0.4, -0.2) is 5.97 Å². The Morgan fingerprint density at radius 3 is 2.45 bits per heavy atom. The Hall–Kier alpha value is -3.33. The molecule has 146 valence electrons. The van der Waals surface area contributed by atoms with E-state index in [1.807, 2.05) is 12.1 Å². The molecule has 0 spiro atoms. The highest BCUT2D eigenvalue weighted by molar-refractivity contribution is 5.94. The molecule has 0 unspecified atom stereocenters. The van der Waals surface area contributed by atoms with Crippen LogP contribution in [-0.2, 0) is 5.41 Å². The van der Waals surface area contributed by atoms with E-state index in [9.17, 15) is 9.90 Å². The monoisotopic (exact) mass is 382 g/mol. The molecule has 0 aliphatic heterocycles. The summed E-state index contributed by atoms with van der Waals surface area (Å²) in [5, 5.41) is 14.7. The number of allylic oxidation sites excluding steroid dienone is 1. The molecular formula is C26H24NO2-. The minimum absolute atomic E-state index is 0.0466. The van der Waals surface area contributed by atoms with Crippen molar-refractivity contribution in [3.05, 3.63) is 101 Å². The van der Waals surface area contributed by atoms with Crippen molar-refractivity contribution in [1.29, 1.82) is 0 Å². The second kappa shape index (κ2) is 7.25. The van der Waals surface area contributed by atoms with Crippen molar-refractivity contribution in [2.75, 3.05) is 5.32 Å². The second-order valence-corrected chi connectivity index (χ2v) is 8.29. The fraction of sp³-hybridized carbons (Fsp3) is 0.192. The molecule has 1 aliphatic rings. The van der Waals surface area contributed by atoms with Crippen LogP contribution in [0, 0.1) is 6.92 Å². The third kappa shape index (κ3) is 3.68. The predicted octanol–water partition coefficient (Wildman–Crippen LogP) is 5.22. The second-order valence-electron chi connectivity index (χ2n) is 8.29. The number of carbonyl (C=O) groups excluding carboxylic acids is 1. The molecule has 0 radical (unpaired) electrons. The van der Waals surface area contributed by atoms with Gasteiger partial charge in [-0.05, 0) is 59.2 Å². The van der Waals surface area contributed by atoms with E-state index in [4.69, 9.17) is 0 Å². The van der Waals surface area contributed by atoms with Gasteiger partial charge < -0.3 is 15.2 Å². The van der Waals surface area contributed by atoms with Gasteiger partial charge in [0.1, 0.15) is 0 Å². The van der Waals surface area contributed by atoms with E-state index in [0.717, 1.165) is 12.1 Å². The molecule has 0 fully saturated rings. The van der Waals surface area contributed by atoms with E-state index in [1.165, 1.54) is 27.8 Å². The van der Waals surface area contributed by atoms with Gasteiger partial charge in [-0.15, -0.1) is 0 Å². The topological polar surface area (TPSA) is 52.2 Å². The molecule has 3 aromatic rings. The van der Waals surface area contributed by atoms with Crippen molar-refractivity contribution < 1.29 is 9.90 Å². The largest absolute Gasteiger partial charge is 0.545 e. The molecule has 1 N–H and O–H groups in total. The van der Waals surface area contributed by atoms with Crippen LogP contribution in [0.4, 0.5) is 11.4 Å². The maximum absolute atomic E-state index is 11.4. The number of nitrogens with one attached hydrogen (secondary N) is 1. The first-order valence-corrected chi connectivity index (χ1v) is 9.85. The number of carbonyl (C=O) groups is 1. The van der Waals surface area contributed by atoms with Crippen molar-refractivity contribution in [3.8, 4) is 0 Å². The molecule has 0 atom stereocenters. The fourth-order valence-electron chi connectivity index (χ4n) is 3.94. The van der Waals surface area contributed by atoms with Gasteiger partial charge in [-0.2, -0.15) is 0 Å². The standard InChI is InChI=1S/C26H25NO2/c1-17-8-10-18(11-9-17)20-14-15-26(2,3)23-13-12-19(16-22(20)23)27-24-7-5-4-6-21(24)25(28)29/h4-14,16,27H,15H2,1-3H3,(H,28,29)/p-1. The molecule has 1 aliphatic carbocycles. The predicted molar refractivity (Wildman–Crippen MR) is 116 cm³/mol. The van der Waals surface area contributed by atoms with E-state index in [2.05, 4.69) is 68.6 Å². The number of aryl methyl sites for hydroxylation is 1. The van der Waals surface area contributed by atoms with Gasteiger partial charge in [0.15, 0.2) is 0 Å². The van der Waals surface area contributed by atoms with E-state index in [-0.39, 0.29) is 11.0 Å². The first-order valence-electron chi connectivity index (χ1n) is 9.85. The third-order valence-electron chi connectivity index (χ3n) is 5.64. The first-order chi connectivity index (χ1) is 13.8. The summed E-state index contributed by atoms with van der Waals surface area (Å²) in [7, 11) is 0. The number of benzene rings is 3. The number of fused-ring (bicyclic) bond motifs is 1. The summed E-state index contributed by atoms with van der Waals surface area (Å²) < 4.78 is 0. The van der Waals surface area contributed by atoms with Gasteiger partial charge in [0.2, 0.25) is 0 Å². The quantitative estimate of drug-likeness (QED) is 0.673. The van der Waals surface area contributed by atoms with Gasteiger partial charge in [0.05, 0.1) is 5.97 Å². The highest BCUT2D eigenvalue weighted by Gasteiger charge is 2.28. The van der Waals surface area contributed by atoms with Gasteiger partial charge in [0, 0.05) is 16.9 Å². The highest BCUT2D eigenvalue weighted by atomic mass is 16.4. The fourth-order valence-corrected chi connectivity index (χ4v) is 3.94. The Kier molecular flexibility index (Phi) is 4.75. The Labute approximate surface area is 171 Å². The van der Waals surface area contributed by atoms with Crippen LogP contribution in [0.15, 0.2) is 72.8 Å². The van der Waals surface area contributed by atoms with E-state index in [1.54, 1.807) is 18.2 Å². The number of carboxylic acid groups (broad SMARTS) is 1. The third-order valence-corrected chi connectivity index (χ3v) is 5.64. The molecule has 29 heavy (non-hydrogen) atoms. The zero-order chi connectivity index (χ0) is 20.6. The zero-order valence-corrected chi connectivity index (χ0v) is 17.0. The maximum Gasteiger partial charge on any atom is 0.0736 e. The minimum Gasteiger partial charge on any atom is -0.545 e. The number of hydrogen-bond acceptors (Lipinski definition) is 3. The molecule has 0 heterocycles. The van der Waals surface area contributed by atoms with Crippen molar-refractivity contribution in [2.45, 2.75) is 32.6 Å². The lowest BCUT2D eigenvalue weighted by Crippen LogP contribution is -2.23. The summed E-state index contributed by atoms with van der Waals surface area (Å²) in [6, 6.07) is 21.7. The lowest BCUT2D eigenvalue weighted by atomic mass is 9.72. The Morgan fingerprint density at radius 1 is 1.00 bits per heavy atom. The lowest BCUT2D eigenvalue weighted by molar-refractivity contribution is -0.254. The Morgan fingerprint density at radius 2 is 1.72 bits per heavy atom. The van der Waals surface area contributed by atoms with Crippen molar-refractivity contribution in [1.82, 2.24) is 0 Å². The SMILES string of the molecule is Cc1ccc(C2=CCC(C)(C)c3ccc(Nc4ccccc4C(=O)[O-])cc32)cc1. The number of aromatic carboxylic acids is 1. The van der Waals surface area contributed by atoms with Gasteiger partial charge in [-0.1, -0.05) is 74.0 Å². The summed E-state index contributed by atoms with van der Waals surface area (Å²) in [5.41, 5.74) is 7.72. The molecule has 0 amide bonds. The number of hydrogen-bond donors (Lipinski definition) is 1. The smallest absolute Gasteiger partial charge is 0.0736 e. The molecule has 0 saturated carbocycles. The van der Waals surface area contributed by atoms with Gasteiger partial charge >= 0.3 is 0 Å².